The number of halogens is 1. The molecule has 0 saturated carbocycles. The smallest absolute Gasteiger partial charge is 0.202 e. The minimum absolute atomic E-state index is 0.120. The fraction of sp³-hybridized carbons (Fsp3) is 0.100. The Labute approximate surface area is 79.9 Å². The van der Waals surface area contributed by atoms with Gasteiger partial charge >= 0.3 is 0 Å². The second kappa shape index (κ2) is 4.08. The Morgan fingerprint density at radius 2 is 2.08 bits per heavy atom. The summed E-state index contributed by atoms with van der Waals surface area (Å²) in [7, 11) is 0. The van der Waals surface area contributed by atoms with Crippen molar-refractivity contribution in [3.05, 3.63) is 34.3 Å². The van der Waals surface area contributed by atoms with E-state index >= 15 is 0 Å². The highest BCUT2D eigenvalue weighted by atomic mass is 79.9. The average molecular weight is 223 g/mol. The van der Waals surface area contributed by atoms with E-state index in [2.05, 4.69) is 27.8 Å². The Hall–Kier alpha value is -1.07. The lowest BCUT2D eigenvalue weighted by Crippen LogP contribution is -1.82. The summed E-state index contributed by atoms with van der Waals surface area (Å²) in [5, 5.41) is 0. The Balaban J connectivity index is 2.99. The van der Waals surface area contributed by atoms with Crippen molar-refractivity contribution in [1.29, 1.82) is 0 Å². The summed E-state index contributed by atoms with van der Waals surface area (Å²) >= 11 is 3.33. The maximum Gasteiger partial charge on any atom is 0.202 e. The van der Waals surface area contributed by atoms with Crippen molar-refractivity contribution in [3.63, 3.8) is 0 Å². The molecule has 0 radical (unpaired) electrons. The van der Waals surface area contributed by atoms with Crippen LogP contribution >= 0.6 is 15.9 Å². The molecule has 0 amide bonds. The molecule has 1 aromatic rings. The van der Waals surface area contributed by atoms with Crippen LogP contribution in [0.25, 0.3) is 0 Å². The van der Waals surface area contributed by atoms with E-state index < -0.39 is 0 Å². The van der Waals surface area contributed by atoms with Crippen LogP contribution in [0.2, 0.25) is 0 Å². The van der Waals surface area contributed by atoms with Gasteiger partial charge in [0.05, 0.1) is 0 Å². The maximum absolute atomic E-state index is 10.5. The summed E-state index contributed by atoms with van der Waals surface area (Å²) in [6.07, 6.45) is 0. The maximum atomic E-state index is 10.5. The molecule has 0 N–H and O–H groups in total. The molecule has 2 heteroatoms. The summed E-state index contributed by atoms with van der Waals surface area (Å²) in [6.45, 7) is 1.45. The van der Waals surface area contributed by atoms with Crippen LogP contribution in [-0.4, -0.2) is 5.78 Å². The van der Waals surface area contributed by atoms with Gasteiger partial charge in [0.2, 0.25) is 5.78 Å². The van der Waals surface area contributed by atoms with Gasteiger partial charge in [0.25, 0.3) is 0 Å². The first-order chi connectivity index (χ1) is 5.70. The quantitative estimate of drug-likeness (QED) is 0.617. The summed E-state index contributed by atoms with van der Waals surface area (Å²) < 4.78 is 0.916. The van der Waals surface area contributed by atoms with E-state index in [9.17, 15) is 4.79 Å². The van der Waals surface area contributed by atoms with Gasteiger partial charge in [-0.3, -0.25) is 4.79 Å². The van der Waals surface area contributed by atoms with Crippen LogP contribution in [0.5, 0.6) is 0 Å². The summed E-state index contributed by atoms with van der Waals surface area (Å²) in [4.78, 5) is 10.5. The zero-order valence-corrected chi connectivity index (χ0v) is 8.18. The van der Waals surface area contributed by atoms with Crippen LogP contribution in [-0.2, 0) is 4.79 Å². The molecule has 0 unspecified atom stereocenters. The van der Waals surface area contributed by atoms with E-state index in [1.54, 1.807) is 0 Å². The second-order valence-electron chi connectivity index (χ2n) is 2.29. The van der Waals surface area contributed by atoms with Crippen molar-refractivity contribution in [2.45, 2.75) is 6.92 Å². The fourth-order valence-corrected chi connectivity index (χ4v) is 1.10. The molecule has 0 saturated heterocycles. The first-order valence-corrected chi connectivity index (χ1v) is 4.26. The lowest BCUT2D eigenvalue weighted by Gasteiger charge is -1.91. The molecule has 60 valence electrons. The number of carbonyl (C=O) groups excluding carboxylic acids is 1. The standard InChI is InChI=1S/C10H7BrO/c1-8(12)6-7-9-4-2-3-5-10(9)11/h2-5H,1H3. The van der Waals surface area contributed by atoms with Gasteiger partial charge in [0, 0.05) is 17.0 Å². The van der Waals surface area contributed by atoms with E-state index in [4.69, 9.17) is 0 Å². The number of ketones is 1. The predicted molar refractivity (Wildman–Crippen MR) is 51.7 cm³/mol. The number of carbonyl (C=O) groups is 1. The molecular weight excluding hydrogens is 216 g/mol. The third-order valence-corrected chi connectivity index (χ3v) is 1.94. The molecule has 0 spiro atoms. The first kappa shape index (κ1) is 9.02. The van der Waals surface area contributed by atoms with Crippen molar-refractivity contribution in [1.82, 2.24) is 0 Å². The van der Waals surface area contributed by atoms with Gasteiger partial charge in [-0.05, 0) is 34.0 Å². The zero-order chi connectivity index (χ0) is 8.97. The Kier molecular flexibility index (Phi) is 3.07. The molecule has 1 aromatic carbocycles. The van der Waals surface area contributed by atoms with Crippen molar-refractivity contribution < 1.29 is 4.79 Å². The van der Waals surface area contributed by atoms with E-state index in [0.717, 1.165) is 10.0 Å². The molecule has 1 nitrogen and oxygen atoms in total. The Morgan fingerprint density at radius 3 is 2.67 bits per heavy atom. The number of Topliss-reactive ketones (excluding diaryl/α,β-unsaturated/α-hetero) is 1. The van der Waals surface area contributed by atoms with Gasteiger partial charge < -0.3 is 0 Å². The number of rotatable bonds is 0. The second-order valence-corrected chi connectivity index (χ2v) is 3.14. The molecule has 0 bridgehead atoms. The molecule has 0 fully saturated rings. The van der Waals surface area contributed by atoms with E-state index in [-0.39, 0.29) is 5.78 Å². The van der Waals surface area contributed by atoms with E-state index in [0.29, 0.717) is 0 Å². The summed E-state index contributed by atoms with van der Waals surface area (Å²) in [5.74, 6) is 5.13. The highest BCUT2D eigenvalue weighted by Gasteiger charge is 1.92. The average Bonchev–Trinajstić information content (AvgIpc) is 2.03. The van der Waals surface area contributed by atoms with Crippen LogP contribution in [0, 0.1) is 11.8 Å². The van der Waals surface area contributed by atoms with Crippen LogP contribution < -0.4 is 0 Å². The number of hydrogen-bond acceptors (Lipinski definition) is 1. The van der Waals surface area contributed by atoms with Gasteiger partial charge in [-0.15, -0.1) is 0 Å². The lowest BCUT2D eigenvalue weighted by molar-refractivity contribution is -0.111. The highest BCUT2D eigenvalue weighted by molar-refractivity contribution is 9.10. The van der Waals surface area contributed by atoms with Crippen molar-refractivity contribution in [3.8, 4) is 11.8 Å². The van der Waals surface area contributed by atoms with Crippen molar-refractivity contribution in [2.75, 3.05) is 0 Å². The van der Waals surface area contributed by atoms with E-state index in [1.807, 2.05) is 24.3 Å². The third-order valence-electron chi connectivity index (χ3n) is 1.25. The third kappa shape index (κ3) is 2.52. The number of benzene rings is 1. The molecule has 0 aliphatic rings. The summed E-state index contributed by atoms with van der Waals surface area (Å²) in [6, 6.07) is 7.54. The van der Waals surface area contributed by atoms with Crippen molar-refractivity contribution in [2.24, 2.45) is 0 Å². The Morgan fingerprint density at radius 1 is 1.42 bits per heavy atom. The molecule has 0 aliphatic carbocycles. The monoisotopic (exact) mass is 222 g/mol. The molecule has 12 heavy (non-hydrogen) atoms. The number of hydrogen-bond donors (Lipinski definition) is 0. The molecular formula is C10H7BrO. The van der Waals surface area contributed by atoms with Crippen LogP contribution in [0.3, 0.4) is 0 Å². The summed E-state index contributed by atoms with van der Waals surface area (Å²) in [5.41, 5.74) is 0.840. The highest BCUT2D eigenvalue weighted by Crippen LogP contribution is 2.13. The van der Waals surface area contributed by atoms with Gasteiger partial charge in [-0.1, -0.05) is 18.1 Å². The largest absolute Gasteiger partial charge is 0.285 e. The normalized spacial score (nSPS) is 8.50. The van der Waals surface area contributed by atoms with Gasteiger partial charge in [0.15, 0.2) is 0 Å². The topological polar surface area (TPSA) is 17.1 Å². The van der Waals surface area contributed by atoms with Gasteiger partial charge in [-0.25, -0.2) is 0 Å². The van der Waals surface area contributed by atoms with Crippen LogP contribution in [0.1, 0.15) is 12.5 Å². The lowest BCUT2D eigenvalue weighted by atomic mass is 10.2. The SMILES string of the molecule is CC(=O)C#Cc1ccccc1Br. The molecule has 0 heterocycles. The molecule has 0 atom stereocenters. The minimum atomic E-state index is -0.120. The van der Waals surface area contributed by atoms with Gasteiger partial charge in [0.1, 0.15) is 0 Å². The van der Waals surface area contributed by atoms with E-state index in [1.165, 1.54) is 6.92 Å². The Bertz CT molecular complexity index is 358. The molecule has 0 aliphatic heterocycles. The predicted octanol–water partition coefficient (Wildman–Crippen LogP) is 2.39. The molecule has 1 rings (SSSR count). The van der Waals surface area contributed by atoms with Crippen molar-refractivity contribution >= 4 is 21.7 Å². The molecule has 0 aromatic heterocycles. The van der Waals surface area contributed by atoms with Gasteiger partial charge in [-0.2, -0.15) is 0 Å². The zero-order valence-electron chi connectivity index (χ0n) is 6.60. The van der Waals surface area contributed by atoms with Crippen LogP contribution in [0.15, 0.2) is 28.7 Å². The fourth-order valence-electron chi connectivity index (χ4n) is 0.718. The van der Waals surface area contributed by atoms with Crippen LogP contribution in [0.4, 0.5) is 0 Å². The first-order valence-electron chi connectivity index (χ1n) is 3.47. The minimum Gasteiger partial charge on any atom is -0.285 e.